The number of carbonyl (C=O) groups is 2. The van der Waals surface area contributed by atoms with Crippen molar-refractivity contribution in [2.75, 3.05) is 18.8 Å². The summed E-state index contributed by atoms with van der Waals surface area (Å²) in [7, 11) is 0. The maximum absolute atomic E-state index is 12.6. The number of amides is 2. The van der Waals surface area contributed by atoms with Crippen molar-refractivity contribution in [2.45, 2.75) is 64.8 Å². The van der Waals surface area contributed by atoms with Gasteiger partial charge in [0, 0.05) is 37.4 Å². The summed E-state index contributed by atoms with van der Waals surface area (Å²) < 4.78 is 5.56. The van der Waals surface area contributed by atoms with E-state index in [1.807, 2.05) is 39.0 Å². The van der Waals surface area contributed by atoms with E-state index < -0.39 is 11.5 Å². The van der Waals surface area contributed by atoms with E-state index in [4.69, 9.17) is 16.2 Å². The van der Waals surface area contributed by atoms with E-state index in [1.54, 1.807) is 23.2 Å². The highest BCUT2D eigenvalue weighted by molar-refractivity contribution is 5.92. The van der Waals surface area contributed by atoms with E-state index in [1.165, 1.54) is 0 Å². The van der Waals surface area contributed by atoms with Gasteiger partial charge in [0.25, 0.3) is 0 Å². The number of benzene rings is 1. The second-order valence-corrected chi connectivity index (χ2v) is 9.42. The van der Waals surface area contributed by atoms with Crippen LogP contribution in [0.5, 0.6) is 0 Å². The molecule has 178 valence electrons. The molecule has 0 radical (unpaired) electrons. The lowest BCUT2D eigenvalue weighted by Crippen LogP contribution is -2.39. The van der Waals surface area contributed by atoms with Crippen LogP contribution in [0.25, 0.3) is 0 Å². The first-order valence-electron chi connectivity index (χ1n) is 11.3. The Morgan fingerprint density at radius 3 is 2.67 bits per heavy atom. The van der Waals surface area contributed by atoms with Gasteiger partial charge in [-0.15, -0.1) is 0 Å². The molecule has 2 amide bonds. The third-order valence-electron chi connectivity index (χ3n) is 5.53. The van der Waals surface area contributed by atoms with E-state index in [-0.39, 0.29) is 12.1 Å². The summed E-state index contributed by atoms with van der Waals surface area (Å²) >= 11 is 0. The number of rotatable bonds is 6. The molecule has 0 saturated carbocycles. The largest absolute Gasteiger partial charge is 0.444 e. The highest BCUT2D eigenvalue weighted by Gasteiger charge is 2.28. The molecule has 0 spiro atoms. The molecule has 9 heteroatoms. The van der Waals surface area contributed by atoms with E-state index >= 15 is 0 Å². The van der Waals surface area contributed by atoms with E-state index in [0.717, 1.165) is 24.8 Å². The lowest BCUT2D eigenvalue weighted by molar-refractivity contribution is 0.0251. The van der Waals surface area contributed by atoms with Crippen molar-refractivity contribution in [3.05, 3.63) is 53.5 Å². The van der Waals surface area contributed by atoms with Gasteiger partial charge in [-0.05, 0) is 63.8 Å². The first kappa shape index (κ1) is 24.4. The molecular formula is C24H34N6O3. The summed E-state index contributed by atoms with van der Waals surface area (Å²) in [6.45, 7) is 7.98. The monoisotopic (exact) mass is 454 g/mol. The smallest absolute Gasteiger partial charge is 0.410 e. The zero-order chi connectivity index (χ0) is 24.0. The SMILES string of the molecule is CC(C)(C)OC(=O)N1CCC[C@@H](N(Cc2cccc(C(N)=O)c2)Cc2nccc(N)n2)CC1. The average Bonchev–Trinajstić information content (AvgIpc) is 2.99. The van der Waals surface area contributed by atoms with Crippen molar-refractivity contribution < 1.29 is 14.3 Å². The molecule has 2 aromatic rings. The topological polar surface area (TPSA) is 128 Å². The normalized spacial score (nSPS) is 17.0. The average molecular weight is 455 g/mol. The third-order valence-corrected chi connectivity index (χ3v) is 5.53. The molecule has 2 heterocycles. The van der Waals surface area contributed by atoms with Crippen LogP contribution in [0.3, 0.4) is 0 Å². The number of primary amides is 1. The Balaban J connectivity index is 1.77. The Bertz CT molecular complexity index is 975. The van der Waals surface area contributed by atoms with Crippen LogP contribution in [-0.4, -0.2) is 56.5 Å². The minimum Gasteiger partial charge on any atom is -0.444 e. The molecule has 1 atom stereocenters. The van der Waals surface area contributed by atoms with Crippen LogP contribution >= 0.6 is 0 Å². The van der Waals surface area contributed by atoms with Gasteiger partial charge < -0.3 is 21.1 Å². The minimum absolute atomic E-state index is 0.194. The predicted molar refractivity (Wildman–Crippen MR) is 126 cm³/mol. The number of nitrogens with two attached hydrogens (primary N) is 2. The van der Waals surface area contributed by atoms with Crippen LogP contribution in [0.4, 0.5) is 10.6 Å². The van der Waals surface area contributed by atoms with Crippen molar-refractivity contribution >= 4 is 17.8 Å². The van der Waals surface area contributed by atoms with Gasteiger partial charge in [0.1, 0.15) is 17.2 Å². The second kappa shape index (κ2) is 10.6. The van der Waals surface area contributed by atoms with Gasteiger partial charge >= 0.3 is 6.09 Å². The maximum Gasteiger partial charge on any atom is 0.410 e. The van der Waals surface area contributed by atoms with Crippen LogP contribution in [0.15, 0.2) is 36.5 Å². The van der Waals surface area contributed by atoms with E-state index in [0.29, 0.717) is 43.4 Å². The van der Waals surface area contributed by atoms with Gasteiger partial charge in [-0.1, -0.05) is 12.1 Å². The second-order valence-electron chi connectivity index (χ2n) is 9.42. The van der Waals surface area contributed by atoms with Crippen molar-refractivity contribution in [1.82, 2.24) is 19.8 Å². The number of nitrogens with zero attached hydrogens (tertiary/aromatic N) is 4. The summed E-state index contributed by atoms with van der Waals surface area (Å²) in [6.07, 6.45) is 3.94. The molecule has 4 N–H and O–H groups in total. The van der Waals surface area contributed by atoms with Crippen LogP contribution in [0.2, 0.25) is 0 Å². The van der Waals surface area contributed by atoms with Crippen molar-refractivity contribution in [3.8, 4) is 0 Å². The van der Waals surface area contributed by atoms with Crippen LogP contribution in [0, 0.1) is 0 Å². The number of carbonyl (C=O) groups excluding carboxylic acids is 2. The molecule has 3 rings (SSSR count). The van der Waals surface area contributed by atoms with Crippen LogP contribution < -0.4 is 11.5 Å². The molecular weight excluding hydrogens is 420 g/mol. The Morgan fingerprint density at radius 2 is 1.97 bits per heavy atom. The summed E-state index contributed by atoms with van der Waals surface area (Å²) in [6, 6.07) is 9.19. The molecule has 1 aliphatic rings. The Morgan fingerprint density at radius 1 is 1.18 bits per heavy atom. The summed E-state index contributed by atoms with van der Waals surface area (Å²) in [5, 5.41) is 0. The quantitative estimate of drug-likeness (QED) is 0.687. The highest BCUT2D eigenvalue weighted by Crippen LogP contribution is 2.23. The standard InChI is InChI=1S/C24H34N6O3/c1-24(2,3)33-23(32)29-12-5-8-19(10-13-29)30(16-21-27-11-9-20(25)28-21)15-17-6-4-7-18(14-17)22(26)31/h4,6-7,9,11,14,19H,5,8,10,12-13,15-16H2,1-3H3,(H2,26,31)(H2,25,27,28)/t19-/m1/s1. The van der Waals surface area contributed by atoms with Crippen molar-refractivity contribution in [3.63, 3.8) is 0 Å². The molecule has 9 nitrogen and oxygen atoms in total. The predicted octanol–water partition coefficient (Wildman–Crippen LogP) is 2.95. The molecule has 1 aliphatic heterocycles. The Hall–Kier alpha value is -3.20. The molecule has 33 heavy (non-hydrogen) atoms. The number of anilines is 1. The fourth-order valence-electron chi connectivity index (χ4n) is 4.00. The first-order valence-corrected chi connectivity index (χ1v) is 11.3. The zero-order valence-electron chi connectivity index (χ0n) is 19.7. The molecule has 1 fully saturated rings. The molecule has 1 saturated heterocycles. The van der Waals surface area contributed by atoms with Gasteiger partial charge in [-0.3, -0.25) is 9.69 Å². The third kappa shape index (κ3) is 7.42. The maximum atomic E-state index is 12.6. The number of likely N-dealkylation sites (tertiary alicyclic amines) is 1. The lowest BCUT2D eigenvalue weighted by atomic mass is 10.0. The van der Waals surface area contributed by atoms with Gasteiger partial charge in [-0.25, -0.2) is 14.8 Å². The number of hydrogen-bond acceptors (Lipinski definition) is 7. The number of nitrogen functional groups attached to an aromatic ring is 1. The van der Waals surface area contributed by atoms with Crippen molar-refractivity contribution in [2.24, 2.45) is 5.73 Å². The highest BCUT2D eigenvalue weighted by atomic mass is 16.6. The molecule has 0 unspecified atom stereocenters. The summed E-state index contributed by atoms with van der Waals surface area (Å²) in [4.78, 5) is 37.0. The molecule has 0 aliphatic carbocycles. The van der Waals surface area contributed by atoms with E-state index in [2.05, 4.69) is 14.9 Å². The van der Waals surface area contributed by atoms with Crippen LogP contribution in [-0.2, 0) is 17.8 Å². The fourth-order valence-corrected chi connectivity index (χ4v) is 4.00. The number of aromatic nitrogens is 2. The first-order chi connectivity index (χ1) is 15.6. The number of hydrogen-bond donors (Lipinski definition) is 2. The molecule has 1 aromatic carbocycles. The Labute approximate surface area is 195 Å². The zero-order valence-corrected chi connectivity index (χ0v) is 19.7. The van der Waals surface area contributed by atoms with Crippen LogP contribution in [0.1, 0.15) is 61.8 Å². The van der Waals surface area contributed by atoms with Gasteiger partial charge in [0.05, 0.1) is 6.54 Å². The van der Waals surface area contributed by atoms with Gasteiger partial charge in [0.15, 0.2) is 0 Å². The molecule has 1 aromatic heterocycles. The lowest BCUT2D eigenvalue weighted by Gasteiger charge is -2.31. The summed E-state index contributed by atoms with van der Waals surface area (Å²) in [5.41, 5.74) is 12.3. The summed E-state index contributed by atoms with van der Waals surface area (Å²) in [5.74, 6) is 0.604. The number of ether oxygens (including phenoxy) is 1. The van der Waals surface area contributed by atoms with Crippen molar-refractivity contribution in [1.29, 1.82) is 0 Å². The molecule has 0 bridgehead atoms. The van der Waals surface area contributed by atoms with Gasteiger partial charge in [-0.2, -0.15) is 0 Å². The van der Waals surface area contributed by atoms with E-state index in [9.17, 15) is 9.59 Å². The minimum atomic E-state index is -0.523. The van der Waals surface area contributed by atoms with Gasteiger partial charge in [0.2, 0.25) is 5.91 Å². The Kier molecular flexibility index (Phi) is 7.86. The fraction of sp³-hybridized carbons (Fsp3) is 0.500.